The molecule has 0 radical (unpaired) electrons. The average Bonchev–Trinajstić information content (AvgIpc) is 3.21. The maximum Gasteiger partial charge on any atom is 0.316 e. The monoisotopic (exact) mass is 248 g/mol. The van der Waals surface area contributed by atoms with Gasteiger partial charge in [0.05, 0.1) is 12.7 Å². The van der Waals surface area contributed by atoms with Gasteiger partial charge >= 0.3 is 5.97 Å². The van der Waals surface area contributed by atoms with Gasteiger partial charge in [0.15, 0.2) is 0 Å². The Balaban J connectivity index is 1.88. The molecule has 5 saturated carbocycles. The second kappa shape index (κ2) is 2.84. The van der Waals surface area contributed by atoms with Gasteiger partial charge in [0.1, 0.15) is 5.41 Å². The van der Waals surface area contributed by atoms with Gasteiger partial charge in [-0.05, 0) is 43.9 Å². The van der Waals surface area contributed by atoms with Gasteiger partial charge < -0.3 is 9.47 Å². The summed E-state index contributed by atoms with van der Waals surface area (Å²) < 4.78 is 11.3. The Morgan fingerprint density at radius 1 is 1.44 bits per heavy atom. The van der Waals surface area contributed by atoms with E-state index in [0.29, 0.717) is 12.5 Å². The first-order chi connectivity index (χ1) is 8.62. The fourth-order valence-electron chi connectivity index (χ4n) is 5.85. The first kappa shape index (κ1) is 11.0. The summed E-state index contributed by atoms with van der Waals surface area (Å²) in [5.74, 6) is 0.740. The van der Waals surface area contributed by atoms with Gasteiger partial charge in [-0.15, -0.1) is 0 Å². The summed E-state index contributed by atoms with van der Waals surface area (Å²) >= 11 is 0. The number of hydrogen-bond acceptors (Lipinski definition) is 3. The van der Waals surface area contributed by atoms with Crippen LogP contribution in [0.5, 0.6) is 0 Å². The van der Waals surface area contributed by atoms with Crippen LogP contribution >= 0.6 is 0 Å². The molecular weight excluding hydrogens is 228 g/mol. The second-order valence-electron chi connectivity index (χ2n) is 6.38. The predicted octanol–water partition coefficient (Wildman–Crippen LogP) is 2.31. The van der Waals surface area contributed by atoms with Crippen molar-refractivity contribution in [1.82, 2.24) is 0 Å². The molecule has 4 bridgehead atoms. The van der Waals surface area contributed by atoms with Gasteiger partial charge in [0, 0.05) is 12.5 Å². The van der Waals surface area contributed by atoms with E-state index in [0.717, 1.165) is 25.7 Å². The summed E-state index contributed by atoms with van der Waals surface area (Å²) in [7, 11) is 1.51. The van der Waals surface area contributed by atoms with Crippen molar-refractivity contribution in [3.05, 3.63) is 12.2 Å². The SMILES string of the molecule is C=C1[C@@H]2CC[C@]3(OCC)[C@H]1[C@]3(C(=O)OC)C21CC1. The molecule has 0 heterocycles. The van der Waals surface area contributed by atoms with Crippen molar-refractivity contribution in [2.75, 3.05) is 13.7 Å². The molecule has 0 aliphatic heterocycles. The minimum atomic E-state index is -0.370. The van der Waals surface area contributed by atoms with Crippen LogP contribution in [0.4, 0.5) is 0 Å². The molecule has 0 saturated heterocycles. The fourth-order valence-corrected chi connectivity index (χ4v) is 5.85. The van der Waals surface area contributed by atoms with Crippen LogP contribution < -0.4 is 0 Å². The third-order valence-corrected chi connectivity index (χ3v) is 6.26. The second-order valence-corrected chi connectivity index (χ2v) is 6.38. The number of methoxy groups -OCH3 is 1. The summed E-state index contributed by atoms with van der Waals surface area (Å²) in [6, 6.07) is 0. The van der Waals surface area contributed by atoms with Crippen LogP contribution in [-0.4, -0.2) is 25.3 Å². The Labute approximate surface area is 108 Å². The zero-order valence-corrected chi connectivity index (χ0v) is 11.1. The number of hydrogen-bond donors (Lipinski definition) is 0. The number of fused-ring (bicyclic) bond motifs is 1. The fraction of sp³-hybridized carbons (Fsp3) is 0.800. The quantitative estimate of drug-likeness (QED) is 0.568. The molecule has 0 aromatic carbocycles. The molecular formula is C15H20O3. The van der Waals surface area contributed by atoms with Crippen LogP contribution in [0.2, 0.25) is 0 Å². The van der Waals surface area contributed by atoms with E-state index >= 15 is 0 Å². The normalized spacial score (nSPS) is 49.3. The number of rotatable bonds is 3. The van der Waals surface area contributed by atoms with Crippen molar-refractivity contribution in [1.29, 1.82) is 0 Å². The maximum absolute atomic E-state index is 12.5. The van der Waals surface area contributed by atoms with Crippen molar-refractivity contribution in [3.63, 3.8) is 0 Å². The lowest BCUT2D eigenvalue weighted by molar-refractivity contribution is -0.160. The molecule has 3 nitrogen and oxygen atoms in total. The van der Waals surface area contributed by atoms with Gasteiger partial charge in [-0.3, -0.25) is 4.79 Å². The molecule has 18 heavy (non-hydrogen) atoms. The van der Waals surface area contributed by atoms with Gasteiger partial charge in [-0.1, -0.05) is 12.2 Å². The number of carbonyl (C=O) groups is 1. The van der Waals surface area contributed by atoms with E-state index < -0.39 is 0 Å². The molecule has 3 heteroatoms. The van der Waals surface area contributed by atoms with E-state index in [9.17, 15) is 4.79 Å². The van der Waals surface area contributed by atoms with Crippen LogP contribution in [0.15, 0.2) is 12.2 Å². The number of ether oxygens (including phenoxy) is 2. The maximum atomic E-state index is 12.5. The van der Waals surface area contributed by atoms with E-state index in [1.165, 1.54) is 12.7 Å². The molecule has 0 aromatic rings. The van der Waals surface area contributed by atoms with Crippen LogP contribution in [0.3, 0.4) is 0 Å². The lowest BCUT2D eigenvalue weighted by atomic mass is 9.67. The first-order valence-electron chi connectivity index (χ1n) is 7.03. The standard InChI is InChI=1S/C15H20O3/c1-4-18-14-6-5-10-9(2)11(14)15(14,12(16)17-3)13(10)7-8-13/h10-11H,2,4-8H2,1,3H3/t10-,11-,14-,15-/m0/s1. The van der Waals surface area contributed by atoms with Gasteiger partial charge in [0.25, 0.3) is 0 Å². The largest absolute Gasteiger partial charge is 0.468 e. The molecule has 0 amide bonds. The van der Waals surface area contributed by atoms with E-state index in [2.05, 4.69) is 6.58 Å². The Kier molecular flexibility index (Phi) is 1.74. The van der Waals surface area contributed by atoms with Crippen molar-refractivity contribution >= 4 is 5.97 Å². The Hall–Kier alpha value is -0.830. The highest BCUT2D eigenvalue weighted by molar-refractivity contribution is 5.89. The van der Waals surface area contributed by atoms with Gasteiger partial charge in [-0.2, -0.15) is 0 Å². The summed E-state index contributed by atoms with van der Waals surface area (Å²) in [5.41, 5.74) is 0.787. The topological polar surface area (TPSA) is 35.5 Å². The molecule has 5 rings (SSSR count). The molecule has 5 aliphatic carbocycles. The Bertz CT molecular complexity index is 460. The molecule has 5 fully saturated rings. The molecule has 0 unspecified atom stereocenters. The van der Waals surface area contributed by atoms with Gasteiger partial charge in [-0.25, -0.2) is 0 Å². The third kappa shape index (κ3) is 0.740. The summed E-state index contributed by atoms with van der Waals surface area (Å²) in [4.78, 5) is 12.5. The Morgan fingerprint density at radius 2 is 2.17 bits per heavy atom. The van der Waals surface area contributed by atoms with E-state index in [-0.39, 0.29) is 28.3 Å². The summed E-state index contributed by atoms with van der Waals surface area (Å²) in [6.45, 7) is 6.98. The van der Waals surface area contributed by atoms with E-state index in [1.807, 2.05) is 6.92 Å². The molecule has 5 aliphatic rings. The molecule has 1 spiro atoms. The van der Waals surface area contributed by atoms with Crippen molar-refractivity contribution in [2.24, 2.45) is 22.7 Å². The van der Waals surface area contributed by atoms with Crippen LogP contribution in [0, 0.1) is 22.7 Å². The molecule has 98 valence electrons. The number of esters is 1. The lowest BCUT2D eigenvalue weighted by Crippen LogP contribution is -2.45. The third-order valence-electron chi connectivity index (χ3n) is 6.26. The molecule has 0 N–H and O–H groups in total. The highest BCUT2D eigenvalue weighted by Crippen LogP contribution is 2.93. The predicted molar refractivity (Wildman–Crippen MR) is 65.8 cm³/mol. The van der Waals surface area contributed by atoms with E-state index in [1.54, 1.807) is 0 Å². The van der Waals surface area contributed by atoms with Crippen molar-refractivity contribution in [3.8, 4) is 0 Å². The van der Waals surface area contributed by atoms with Crippen molar-refractivity contribution < 1.29 is 14.3 Å². The van der Waals surface area contributed by atoms with Crippen molar-refractivity contribution in [2.45, 2.75) is 38.2 Å². The summed E-state index contributed by atoms with van der Waals surface area (Å²) in [6.07, 6.45) is 4.45. The van der Waals surface area contributed by atoms with E-state index in [4.69, 9.17) is 9.47 Å². The van der Waals surface area contributed by atoms with Crippen LogP contribution in [-0.2, 0) is 14.3 Å². The zero-order valence-electron chi connectivity index (χ0n) is 11.1. The average molecular weight is 248 g/mol. The Morgan fingerprint density at radius 3 is 2.72 bits per heavy atom. The highest BCUT2D eigenvalue weighted by atomic mass is 16.5. The smallest absolute Gasteiger partial charge is 0.316 e. The van der Waals surface area contributed by atoms with Gasteiger partial charge in [0.2, 0.25) is 0 Å². The zero-order chi connectivity index (χ0) is 12.8. The minimum Gasteiger partial charge on any atom is -0.468 e. The minimum absolute atomic E-state index is 0.0400. The lowest BCUT2D eigenvalue weighted by Gasteiger charge is -2.41. The van der Waals surface area contributed by atoms with Crippen LogP contribution in [0.1, 0.15) is 32.6 Å². The molecule has 4 atom stereocenters. The van der Waals surface area contributed by atoms with Crippen LogP contribution in [0.25, 0.3) is 0 Å². The first-order valence-corrected chi connectivity index (χ1v) is 7.03. The number of carbonyl (C=O) groups excluding carboxylic acids is 1. The highest BCUT2D eigenvalue weighted by Gasteiger charge is 2.98. The summed E-state index contributed by atoms with van der Waals surface area (Å²) in [5, 5.41) is 0. The molecule has 0 aromatic heterocycles.